The lowest BCUT2D eigenvalue weighted by Crippen LogP contribution is -2.35. The van der Waals surface area contributed by atoms with Crippen LogP contribution in [-0.2, 0) is 10.4 Å². The van der Waals surface area contributed by atoms with Crippen LogP contribution in [0.1, 0.15) is 67.6 Å². The van der Waals surface area contributed by atoms with Crippen LogP contribution in [-0.4, -0.2) is 46.4 Å². The Hall–Kier alpha value is -5.14. The second-order valence-corrected chi connectivity index (χ2v) is 12.7. The second kappa shape index (κ2) is 11.3. The van der Waals surface area contributed by atoms with Crippen molar-refractivity contribution >= 4 is 34.0 Å². The van der Waals surface area contributed by atoms with E-state index in [1.54, 1.807) is 24.3 Å². The van der Waals surface area contributed by atoms with Gasteiger partial charge in [0.1, 0.15) is 17.8 Å². The van der Waals surface area contributed by atoms with Crippen molar-refractivity contribution in [2.75, 3.05) is 35.9 Å². The summed E-state index contributed by atoms with van der Waals surface area (Å²) in [5.41, 5.74) is 2.40. The summed E-state index contributed by atoms with van der Waals surface area (Å²) in [5.74, 6) is 0. The summed E-state index contributed by atoms with van der Waals surface area (Å²) in [4.78, 5) is 9.99. The molecule has 0 bridgehead atoms. The predicted octanol–water partition coefficient (Wildman–Crippen LogP) is 6.68. The highest BCUT2D eigenvalue weighted by Crippen LogP contribution is 2.55. The molecular formula is C33H32F3N9O. The van der Waals surface area contributed by atoms with Crippen molar-refractivity contribution in [3.8, 4) is 12.1 Å². The van der Waals surface area contributed by atoms with E-state index in [9.17, 15) is 23.7 Å². The van der Waals surface area contributed by atoms with Crippen molar-refractivity contribution in [1.29, 1.82) is 10.5 Å². The predicted molar refractivity (Wildman–Crippen MR) is 168 cm³/mol. The van der Waals surface area contributed by atoms with Crippen molar-refractivity contribution in [2.45, 2.75) is 51.4 Å². The van der Waals surface area contributed by atoms with Gasteiger partial charge in [0.05, 0.1) is 53.9 Å². The van der Waals surface area contributed by atoms with E-state index in [4.69, 9.17) is 4.84 Å². The zero-order chi connectivity index (χ0) is 32.9. The molecule has 6 rings (SSSR count). The number of hydrogen-bond donors (Lipinski definition) is 2. The molecule has 0 spiro atoms. The number of nitriles is 2. The number of aromatic nitrogens is 4. The van der Waals surface area contributed by atoms with Gasteiger partial charge in [-0.25, -0.2) is 4.68 Å². The van der Waals surface area contributed by atoms with Gasteiger partial charge in [-0.15, -0.1) is 5.10 Å². The molecule has 2 aromatic heterocycles. The number of hydroxylamine groups is 1. The van der Waals surface area contributed by atoms with E-state index in [1.807, 2.05) is 30.4 Å². The topological polar surface area (TPSA) is 128 Å². The maximum Gasteiger partial charge on any atom is 0.413 e. The van der Waals surface area contributed by atoms with Crippen molar-refractivity contribution in [1.82, 2.24) is 20.0 Å². The minimum absolute atomic E-state index is 0.0710. The van der Waals surface area contributed by atoms with Crippen LogP contribution in [0.4, 0.5) is 30.2 Å². The summed E-state index contributed by atoms with van der Waals surface area (Å²) >= 11 is 0. The molecule has 1 fully saturated rings. The second-order valence-electron chi connectivity index (χ2n) is 12.7. The van der Waals surface area contributed by atoms with Crippen LogP contribution >= 0.6 is 0 Å². The molecule has 1 saturated carbocycles. The smallest absolute Gasteiger partial charge is 0.383 e. The fraction of sp³-hybridized carbons (Fsp3) is 0.364. The van der Waals surface area contributed by atoms with Gasteiger partial charge in [0.15, 0.2) is 5.54 Å². The number of anilines is 3. The van der Waals surface area contributed by atoms with Crippen LogP contribution in [0.5, 0.6) is 0 Å². The van der Waals surface area contributed by atoms with Crippen LogP contribution < -0.4 is 15.7 Å². The number of rotatable bonds is 8. The van der Waals surface area contributed by atoms with Crippen LogP contribution in [0.3, 0.4) is 0 Å². The van der Waals surface area contributed by atoms with Crippen LogP contribution in [0, 0.1) is 28.1 Å². The Morgan fingerprint density at radius 3 is 2.52 bits per heavy atom. The standard InChI is InChI=1S/C33H32F3N9O/c1-31(2,3)19-40-29-21(16-38)17-39-28-20(15-37)13-22(14-25(28)29)41-30(24-7-5-9-27-23(24)8-6-12-44(27)46-4)26-18-45(43-42-26)32(10-11-32)33(34,35)36/h5-9,13-14,17-18,30,41H,10-12,19H2,1-4H3,(H,39,40)/t30-/m0/s1. The number of pyridine rings is 1. The zero-order valence-corrected chi connectivity index (χ0v) is 25.8. The van der Waals surface area contributed by atoms with Gasteiger partial charge in [0.25, 0.3) is 0 Å². The molecule has 2 aliphatic rings. The molecule has 2 N–H and O–H groups in total. The number of nitrogens with zero attached hydrogens (tertiary/aromatic N) is 7. The van der Waals surface area contributed by atoms with Gasteiger partial charge in [-0.3, -0.25) is 14.9 Å². The summed E-state index contributed by atoms with van der Waals surface area (Å²) in [7, 11) is 1.57. The maximum absolute atomic E-state index is 14.0. The molecular weight excluding hydrogens is 595 g/mol. The summed E-state index contributed by atoms with van der Waals surface area (Å²) in [6.07, 6.45) is 2.04. The lowest BCUT2D eigenvalue weighted by atomic mass is 9.94. The Labute approximate surface area is 264 Å². The first-order valence-corrected chi connectivity index (χ1v) is 14.8. The Kier molecular flexibility index (Phi) is 7.61. The van der Waals surface area contributed by atoms with Crippen LogP contribution in [0.15, 0.2) is 48.8 Å². The summed E-state index contributed by atoms with van der Waals surface area (Å²) in [6, 6.07) is 12.6. The number of hydrogen-bond acceptors (Lipinski definition) is 9. The van der Waals surface area contributed by atoms with Gasteiger partial charge in [-0.1, -0.05) is 50.3 Å². The molecule has 13 heteroatoms. The van der Waals surface area contributed by atoms with Crippen molar-refractivity contribution in [3.05, 3.63) is 76.7 Å². The average molecular weight is 628 g/mol. The molecule has 1 aliphatic heterocycles. The Bertz CT molecular complexity index is 1920. The Morgan fingerprint density at radius 2 is 1.87 bits per heavy atom. The van der Waals surface area contributed by atoms with Gasteiger partial charge in [-0.05, 0) is 42.0 Å². The van der Waals surface area contributed by atoms with E-state index in [0.29, 0.717) is 46.5 Å². The fourth-order valence-electron chi connectivity index (χ4n) is 5.72. The number of halogens is 3. The number of benzene rings is 2. The van der Waals surface area contributed by atoms with E-state index in [0.717, 1.165) is 15.9 Å². The van der Waals surface area contributed by atoms with Crippen molar-refractivity contribution < 1.29 is 18.0 Å². The van der Waals surface area contributed by atoms with Crippen LogP contribution in [0.2, 0.25) is 0 Å². The minimum atomic E-state index is -4.48. The summed E-state index contributed by atoms with van der Waals surface area (Å²) in [6.45, 7) is 7.25. The first-order chi connectivity index (χ1) is 21.9. The monoisotopic (exact) mass is 627 g/mol. The van der Waals surface area contributed by atoms with E-state index in [-0.39, 0.29) is 29.5 Å². The quantitative estimate of drug-likeness (QED) is 0.220. The van der Waals surface area contributed by atoms with E-state index in [2.05, 4.69) is 58.8 Å². The third-order valence-electron chi connectivity index (χ3n) is 8.29. The van der Waals surface area contributed by atoms with E-state index >= 15 is 0 Å². The summed E-state index contributed by atoms with van der Waals surface area (Å²) in [5, 5.41) is 37.3. The van der Waals surface area contributed by atoms with Gasteiger partial charge >= 0.3 is 6.18 Å². The molecule has 46 heavy (non-hydrogen) atoms. The number of fused-ring (bicyclic) bond motifs is 2. The minimum Gasteiger partial charge on any atom is -0.383 e. The maximum atomic E-state index is 14.0. The van der Waals surface area contributed by atoms with E-state index in [1.165, 1.54) is 12.4 Å². The highest BCUT2D eigenvalue weighted by atomic mass is 19.4. The van der Waals surface area contributed by atoms with Crippen molar-refractivity contribution in [2.24, 2.45) is 5.41 Å². The van der Waals surface area contributed by atoms with Crippen LogP contribution in [0.25, 0.3) is 17.0 Å². The number of alkyl halides is 3. The molecule has 1 atom stereocenters. The van der Waals surface area contributed by atoms with Crippen molar-refractivity contribution in [3.63, 3.8) is 0 Å². The normalized spacial score (nSPS) is 16.0. The third kappa shape index (κ3) is 5.48. The van der Waals surface area contributed by atoms with Gasteiger partial charge in [0.2, 0.25) is 0 Å². The third-order valence-corrected chi connectivity index (χ3v) is 8.29. The largest absolute Gasteiger partial charge is 0.413 e. The molecule has 236 valence electrons. The SMILES string of the molecule is CON1CC=Cc2c([C@H](Nc3cc(C#N)c4ncc(C#N)c(NCC(C)(C)C)c4c3)c3cn(C4(C(F)(F)F)CC4)nn3)cccc21. The first kappa shape index (κ1) is 30.9. The fourth-order valence-corrected chi connectivity index (χ4v) is 5.72. The lowest BCUT2D eigenvalue weighted by Gasteiger charge is -2.29. The highest BCUT2D eigenvalue weighted by Gasteiger charge is 2.66. The van der Waals surface area contributed by atoms with E-state index < -0.39 is 17.8 Å². The molecule has 3 heterocycles. The van der Waals surface area contributed by atoms with Gasteiger partial charge < -0.3 is 10.6 Å². The Morgan fingerprint density at radius 1 is 1.11 bits per heavy atom. The molecule has 10 nitrogen and oxygen atoms in total. The average Bonchev–Trinajstić information content (AvgIpc) is 3.72. The lowest BCUT2D eigenvalue weighted by molar-refractivity contribution is -0.182. The molecule has 4 aromatic rings. The van der Waals surface area contributed by atoms with Gasteiger partial charge in [-0.2, -0.15) is 23.7 Å². The molecule has 0 radical (unpaired) electrons. The number of nitrogens with one attached hydrogen (secondary N) is 2. The molecule has 1 aliphatic carbocycles. The highest BCUT2D eigenvalue weighted by molar-refractivity contribution is 5.99. The van der Waals surface area contributed by atoms with Gasteiger partial charge in [0, 0.05) is 29.4 Å². The first-order valence-electron chi connectivity index (χ1n) is 14.8. The molecule has 0 amide bonds. The molecule has 2 aromatic carbocycles. The summed E-state index contributed by atoms with van der Waals surface area (Å²) < 4.78 is 43.0. The Balaban J connectivity index is 1.51. The zero-order valence-electron chi connectivity index (χ0n) is 25.8. The molecule has 0 unspecified atom stereocenters. The molecule has 0 saturated heterocycles.